The minimum Gasteiger partial charge on any atom is -0.496 e. The lowest BCUT2D eigenvalue weighted by Gasteiger charge is -2.17. The Labute approximate surface area is 106 Å². The van der Waals surface area contributed by atoms with E-state index < -0.39 is 0 Å². The largest absolute Gasteiger partial charge is 0.496 e. The maximum atomic E-state index is 5.64. The SMILES string of the molecule is COc1ccc(C(NN)c2cnnn2C)cc1C. The van der Waals surface area contributed by atoms with Crippen molar-refractivity contribution in [3.8, 4) is 5.75 Å². The molecule has 0 aliphatic carbocycles. The number of rotatable bonds is 4. The smallest absolute Gasteiger partial charge is 0.121 e. The Bertz CT molecular complexity index is 537. The van der Waals surface area contributed by atoms with E-state index in [0.29, 0.717) is 0 Å². The van der Waals surface area contributed by atoms with Gasteiger partial charge in [0.2, 0.25) is 0 Å². The van der Waals surface area contributed by atoms with Crippen LogP contribution >= 0.6 is 0 Å². The summed E-state index contributed by atoms with van der Waals surface area (Å²) in [6.07, 6.45) is 1.70. The fourth-order valence-electron chi connectivity index (χ4n) is 1.99. The van der Waals surface area contributed by atoms with Gasteiger partial charge in [-0.25, -0.2) is 5.43 Å². The third kappa shape index (κ3) is 2.20. The topological polar surface area (TPSA) is 78.0 Å². The molecule has 0 fully saturated rings. The normalized spacial score (nSPS) is 12.4. The fraction of sp³-hybridized carbons (Fsp3) is 0.333. The molecular weight excluding hydrogens is 230 g/mol. The van der Waals surface area contributed by atoms with Crippen molar-refractivity contribution in [2.24, 2.45) is 12.9 Å². The zero-order valence-electron chi connectivity index (χ0n) is 10.7. The average Bonchev–Trinajstić information content (AvgIpc) is 2.77. The first-order chi connectivity index (χ1) is 8.67. The minimum atomic E-state index is -0.144. The molecule has 0 aliphatic rings. The van der Waals surface area contributed by atoms with Crippen LogP contribution in [0.1, 0.15) is 22.9 Å². The summed E-state index contributed by atoms with van der Waals surface area (Å²) in [6.45, 7) is 2.00. The third-order valence-corrected chi connectivity index (χ3v) is 2.96. The molecule has 1 atom stereocenters. The molecule has 0 aliphatic heterocycles. The lowest BCUT2D eigenvalue weighted by molar-refractivity contribution is 0.411. The Kier molecular flexibility index (Phi) is 3.59. The number of ether oxygens (including phenoxy) is 1. The number of nitrogens with one attached hydrogen (secondary N) is 1. The van der Waals surface area contributed by atoms with Crippen molar-refractivity contribution in [2.75, 3.05) is 7.11 Å². The number of benzene rings is 1. The van der Waals surface area contributed by atoms with Crippen LogP contribution in [0, 0.1) is 6.92 Å². The van der Waals surface area contributed by atoms with E-state index in [4.69, 9.17) is 10.6 Å². The average molecular weight is 247 g/mol. The molecule has 2 aromatic rings. The monoisotopic (exact) mass is 247 g/mol. The van der Waals surface area contributed by atoms with Crippen molar-refractivity contribution < 1.29 is 4.74 Å². The number of hydrazine groups is 1. The fourth-order valence-corrected chi connectivity index (χ4v) is 1.99. The molecule has 1 aromatic heterocycles. The van der Waals surface area contributed by atoms with Crippen LogP contribution in [0.5, 0.6) is 5.75 Å². The molecule has 1 aromatic carbocycles. The third-order valence-electron chi connectivity index (χ3n) is 2.96. The summed E-state index contributed by atoms with van der Waals surface area (Å²) >= 11 is 0. The summed E-state index contributed by atoms with van der Waals surface area (Å²) in [5, 5.41) is 7.78. The molecule has 0 spiro atoms. The molecular formula is C12H17N5O. The molecule has 1 unspecified atom stereocenters. The molecule has 96 valence electrons. The Hall–Kier alpha value is -1.92. The van der Waals surface area contributed by atoms with Crippen LogP contribution in [0.2, 0.25) is 0 Å². The summed E-state index contributed by atoms with van der Waals surface area (Å²) in [4.78, 5) is 0. The van der Waals surface area contributed by atoms with Crippen LogP contribution in [-0.2, 0) is 7.05 Å². The van der Waals surface area contributed by atoms with E-state index in [2.05, 4.69) is 15.7 Å². The molecule has 2 rings (SSSR count). The maximum absolute atomic E-state index is 5.64. The molecule has 0 radical (unpaired) electrons. The number of hydrogen-bond donors (Lipinski definition) is 2. The van der Waals surface area contributed by atoms with Gasteiger partial charge in [0.15, 0.2) is 0 Å². The second-order valence-corrected chi connectivity index (χ2v) is 4.11. The quantitative estimate of drug-likeness (QED) is 0.614. The van der Waals surface area contributed by atoms with Gasteiger partial charge in [-0.3, -0.25) is 10.5 Å². The van der Waals surface area contributed by atoms with Crippen molar-refractivity contribution in [1.82, 2.24) is 20.4 Å². The van der Waals surface area contributed by atoms with Gasteiger partial charge in [0, 0.05) is 7.05 Å². The van der Waals surface area contributed by atoms with Crippen LogP contribution in [0.4, 0.5) is 0 Å². The highest BCUT2D eigenvalue weighted by Crippen LogP contribution is 2.25. The summed E-state index contributed by atoms with van der Waals surface area (Å²) in [7, 11) is 3.49. The van der Waals surface area contributed by atoms with E-state index >= 15 is 0 Å². The van der Waals surface area contributed by atoms with Gasteiger partial charge < -0.3 is 4.74 Å². The molecule has 0 bridgehead atoms. The van der Waals surface area contributed by atoms with Crippen molar-refractivity contribution in [2.45, 2.75) is 13.0 Å². The molecule has 0 saturated carbocycles. The number of nitrogens with two attached hydrogens (primary N) is 1. The van der Waals surface area contributed by atoms with Gasteiger partial charge in [-0.1, -0.05) is 17.3 Å². The van der Waals surface area contributed by atoms with Gasteiger partial charge in [-0.2, -0.15) is 0 Å². The van der Waals surface area contributed by atoms with Crippen molar-refractivity contribution in [3.63, 3.8) is 0 Å². The summed E-state index contributed by atoms with van der Waals surface area (Å²) in [5.41, 5.74) is 5.79. The van der Waals surface area contributed by atoms with Gasteiger partial charge in [-0.15, -0.1) is 5.10 Å². The lowest BCUT2D eigenvalue weighted by Crippen LogP contribution is -2.30. The Morgan fingerprint density at radius 1 is 1.44 bits per heavy atom. The highest BCUT2D eigenvalue weighted by atomic mass is 16.5. The molecule has 0 saturated heterocycles. The molecule has 6 nitrogen and oxygen atoms in total. The van der Waals surface area contributed by atoms with Crippen LogP contribution in [0.15, 0.2) is 24.4 Å². The molecule has 18 heavy (non-hydrogen) atoms. The van der Waals surface area contributed by atoms with E-state index in [-0.39, 0.29) is 6.04 Å². The van der Waals surface area contributed by atoms with E-state index in [1.807, 2.05) is 32.2 Å². The van der Waals surface area contributed by atoms with E-state index in [9.17, 15) is 0 Å². The summed E-state index contributed by atoms with van der Waals surface area (Å²) in [5.74, 6) is 6.49. The Balaban J connectivity index is 2.40. The van der Waals surface area contributed by atoms with Crippen LogP contribution in [-0.4, -0.2) is 22.1 Å². The predicted molar refractivity (Wildman–Crippen MR) is 67.9 cm³/mol. The van der Waals surface area contributed by atoms with Crippen molar-refractivity contribution >= 4 is 0 Å². The number of methoxy groups -OCH3 is 1. The van der Waals surface area contributed by atoms with Crippen LogP contribution in [0.25, 0.3) is 0 Å². The number of hydrogen-bond acceptors (Lipinski definition) is 5. The highest BCUT2D eigenvalue weighted by Gasteiger charge is 2.17. The van der Waals surface area contributed by atoms with E-state index in [0.717, 1.165) is 22.6 Å². The molecule has 1 heterocycles. The highest BCUT2D eigenvalue weighted by molar-refractivity contribution is 5.39. The number of aromatic nitrogens is 3. The van der Waals surface area contributed by atoms with Gasteiger partial charge >= 0.3 is 0 Å². The van der Waals surface area contributed by atoms with E-state index in [1.54, 1.807) is 18.0 Å². The van der Waals surface area contributed by atoms with Gasteiger partial charge in [0.1, 0.15) is 5.75 Å². The second-order valence-electron chi connectivity index (χ2n) is 4.11. The maximum Gasteiger partial charge on any atom is 0.121 e. The minimum absolute atomic E-state index is 0.144. The molecule has 0 amide bonds. The predicted octanol–water partition coefficient (Wildman–Crippen LogP) is 0.685. The van der Waals surface area contributed by atoms with E-state index in [1.165, 1.54) is 0 Å². The molecule has 3 N–H and O–H groups in total. The summed E-state index contributed by atoms with van der Waals surface area (Å²) < 4.78 is 6.94. The summed E-state index contributed by atoms with van der Waals surface area (Å²) in [6, 6.07) is 5.80. The number of nitrogens with zero attached hydrogens (tertiary/aromatic N) is 3. The zero-order valence-corrected chi connectivity index (χ0v) is 10.7. The Morgan fingerprint density at radius 3 is 2.72 bits per heavy atom. The lowest BCUT2D eigenvalue weighted by atomic mass is 10.0. The first kappa shape index (κ1) is 12.5. The second kappa shape index (κ2) is 5.16. The van der Waals surface area contributed by atoms with Crippen LogP contribution < -0.4 is 16.0 Å². The first-order valence-electron chi connectivity index (χ1n) is 5.62. The first-order valence-corrected chi connectivity index (χ1v) is 5.62. The van der Waals surface area contributed by atoms with Crippen molar-refractivity contribution in [1.29, 1.82) is 0 Å². The van der Waals surface area contributed by atoms with Crippen LogP contribution in [0.3, 0.4) is 0 Å². The van der Waals surface area contributed by atoms with Gasteiger partial charge in [0.25, 0.3) is 0 Å². The molecule has 6 heteroatoms. The van der Waals surface area contributed by atoms with Crippen molar-refractivity contribution in [3.05, 3.63) is 41.2 Å². The zero-order chi connectivity index (χ0) is 13.1. The standard InChI is InChI=1S/C12H17N5O/c1-8-6-9(4-5-11(8)18-3)12(15-13)10-7-14-16-17(10)2/h4-7,12,15H,13H2,1-3H3. The van der Waals surface area contributed by atoms with Gasteiger partial charge in [-0.05, 0) is 24.1 Å². The number of aryl methyl sites for hydroxylation is 2. The Morgan fingerprint density at radius 2 is 2.22 bits per heavy atom. The van der Waals surface area contributed by atoms with Gasteiger partial charge in [0.05, 0.1) is 25.0 Å².